The van der Waals surface area contributed by atoms with E-state index >= 15 is 0 Å². The van der Waals surface area contributed by atoms with Gasteiger partial charge in [-0.1, -0.05) is 6.42 Å². The Labute approximate surface area is 226 Å². The van der Waals surface area contributed by atoms with E-state index in [1.54, 1.807) is 35.0 Å². The Morgan fingerprint density at radius 2 is 1.90 bits per heavy atom. The number of rotatable bonds is 13. The highest BCUT2D eigenvalue weighted by molar-refractivity contribution is 6.01. The zero-order valence-electron chi connectivity index (χ0n) is 22.0. The van der Waals surface area contributed by atoms with Crippen molar-refractivity contribution in [1.82, 2.24) is 19.6 Å². The number of amides is 1. The maximum absolute atomic E-state index is 13.3. The van der Waals surface area contributed by atoms with Crippen LogP contribution in [0.1, 0.15) is 42.5 Å². The maximum Gasteiger partial charge on any atom is 0.387 e. The Hall–Kier alpha value is -3.44. The molecule has 2 aromatic heterocycles. The van der Waals surface area contributed by atoms with E-state index in [4.69, 9.17) is 18.9 Å². The fourth-order valence-corrected chi connectivity index (χ4v) is 4.76. The minimum absolute atomic E-state index is 0.0441. The van der Waals surface area contributed by atoms with E-state index in [-0.39, 0.29) is 23.1 Å². The number of hydrogen-bond donors (Lipinski definition) is 1. The zero-order valence-corrected chi connectivity index (χ0v) is 22.0. The summed E-state index contributed by atoms with van der Waals surface area (Å²) in [5.74, 6) is 0.0156. The molecule has 1 saturated carbocycles. The summed E-state index contributed by atoms with van der Waals surface area (Å²) in [6.07, 6.45) is 8.98. The van der Waals surface area contributed by atoms with Crippen molar-refractivity contribution in [3.63, 3.8) is 0 Å². The van der Waals surface area contributed by atoms with Crippen LogP contribution in [0.15, 0.2) is 36.7 Å². The topological polar surface area (TPSA) is 86.6 Å². The van der Waals surface area contributed by atoms with Gasteiger partial charge in [0, 0.05) is 30.4 Å². The molecule has 1 aliphatic heterocycles. The van der Waals surface area contributed by atoms with E-state index in [9.17, 15) is 13.6 Å². The Morgan fingerprint density at radius 1 is 1.10 bits per heavy atom. The second-order valence-electron chi connectivity index (χ2n) is 9.78. The second-order valence-corrected chi connectivity index (χ2v) is 9.78. The number of nitrogens with zero attached hydrogens (tertiary/aromatic N) is 3. The zero-order chi connectivity index (χ0) is 27.2. The van der Waals surface area contributed by atoms with Crippen LogP contribution in [0, 0.1) is 0 Å². The van der Waals surface area contributed by atoms with Gasteiger partial charge in [-0.05, 0) is 57.0 Å². The molecule has 2 aliphatic rings. The van der Waals surface area contributed by atoms with Gasteiger partial charge >= 0.3 is 6.61 Å². The summed E-state index contributed by atoms with van der Waals surface area (Å²) in [5, 5.41) is 2.81. The molecule has 210 valence electrons. The number of pyridine rings is 1. The molecule has 3 aromatic rings. The third-order valence-corrected chi connectivity index (χ3v) is 6.92. The van der Waals surface area contributed by atoms with Crippen molar-refractivity contribution in [3.8, 4) is 28.5 Å². The molecule has 1 saturated heterocycles. The molecule has 0 atom stereocenters. The van der Waals surface area contributed by atoms with E-state index in [0.717, 1.165) is 32.5 Å². The Balaban J connectivity index is 1.26. The van der Waals surface area contributed by atoms with E-state index in [2.05, 4.69) is 15.2 Å². The van der Waals surface area contributed by atoms with Crippen LogP contribution in [0.25, 0.3) is 16.9 Å². The molecule has 39 heavy (non-hydrogen) atoms. The van der Waals surface area contributed by atoms with E-state index < -0.39 is 12.5 Å². The fourth-order valence-electron chi connectivity index (χ4n) is 4.76. The first-order chi connectivity index (χ1) is 19.0. The van der Waals surface area contributed by atoms with Gasteiger partial charge in [0.2, 0.25) is 0 Å². The van der Waals surface area contributed by atoms with Gasteiger partial charge in [0.15, 0.2) is 0 Å². The van der Waals surface area contributed by atoms with Crippen molar-refractivity contribution < 1.29 is 32.5 Å². The summed E-state index contributed by atoms with van der Waals surface area (Å²) < 4.78 is 50.1. The molecule has 1 N–H and O–H groups in total. The second kappa shape index (κ2) is 12.6. The minimum atomic E-state index is -3.10. The van der Waals surface area contributed by atoms with Crippen LogP contribution in [0.4, 0.5) is 8.78 Å². The number of nitrogens with one attached hydrogen (secondary N) is 1. The number of fused-ring (bicyclic) bond motifs is 1. The van der Waals surface area contributed by atoms with Gasteiger partial charge in [-0.15, -0.1) is 0 Å². The molecule has 11 heteroatoms. The SMILES string of the molecule is COc1cc(-c2cnc3cc(OCCOCCN4CCCCC4)ccn23)cc(OC(F)F)c1C(=O)NC1CC1. The molecule has 1 aromatic carbocycles. The van der Waals surface area contributed by atoms with Gasteiger partial charge in [-0.25, -0.2) is 4.98 Å². The normalized spacial score (nSPS) is 16.0. The largest absolute Gasteiger partial charge is 0.496 e. The number of carbonyl (C=O) groups excluding carboxylic acids is 1. The number of ether oxygens (including phenoxy) is 4. The number of aromatic nitrogens is 2. The molecule has 0 spiro atoms. The quantitative estimate of drug-likeness (QED) is 0.320. The molecule has 1 amide bonds. The van der Waals surface area contributed by atoms with Gasteiger partial charge in [-0.2, -0.15) is 8.78 Å². The predicted octanol–water partition coefficient (Wildman–Crippen LogP) is 4.38. The average Bonchev–Trinajstić information content (AvgIpc) is 3.65. The van der Waals surface area contributed by atoms with Gasteiger partial charge < -0.3 is 29.2 Å². The number of benzene rings is 1. The standard InChI is InChI=1S/C28H34F2N4O5/c1-36-23-15-19(16-24(39-28(29)30)26(23)27(35)32-20-5-6-20)22-18-31-25-17-21(7-10-34(22)25)38-14-13-37-12-11-33-8-3-2-4-9-33/h7,10,15-18,20,28H,2-6,8-9,11-14H2,1H3,(H,32,35). The lowest BCUT2D eigenvalue weighted by atomic mass is 10.1. The number of piperidine rings is 1. The molecule has 3 heterocycles. The lowest BCUT2D eigenvalue weighted by Crippen LogP contribution is -2.32. The summed E-state index contributed by atoms with van der Waals surface area (Å²) >= 11 is 0. The number of imidazole rings is 1. The third-order valence-electron chi connectivity index (χ3n) is 6.92. The van der Waals surface area contributed by atoms with Gasteiger partial charge in [0.05, 0.1) is 32.2 Å². The summed E-state index contributed by atoms with van der Waals surface area (Å²) in [4.78, 5) is 19.7. The number of hydrogen-bond acceptors (Lipinski definition) is 7. The van der Waals surface area contributed by atoms with Gasteiger partial charge in [0.25, 0.3) is 5.91 Å². The average molecular weight is 545 g/mol. The number of likely N-dealkylation sites (tertiary alicyclic amines) is 1. The van der Waals surface area contributed by atoms with Crippen LogP contribution in [-0.4, -0.2) is 79.4 Å². The Kier molecular flexibility index (Phi) is 8.77. The van der Waals surface area contributed by atoms with Crippen LogP contribution < -0.4 is 19.5 Å². The van der Waals surface area contributed by atoms with Crippen molar-refractivity contribution >= 4 is 11.6 Å². The van der Waals surface area contributed by atoms with Crippen LogP contribution >= 0.6 is 0 Å². The molecule has 0 unspecified atom stereocenters. The summed E-state index contributed by atoms with van der Waals surface area (Å²) in [7, 11) is 1.38. The van der Waals surface area contributed by atoms with Crippen LogP contribution in [0.3, 0.4) is 0 Å². The molecule has 5 rings (SSSR count). The lowest BCUT2D eigenvalue weighted by molar-refractivity contribution is -0.0502. The fraction of sp³-hybridized carbons (Fsp3) is 0.500. The highest BCUT2D eigenvalue weighted by atomic mass is 19.3. The number of alkyl halides is 2. The summed E-state index contributed by atoms with van der Waals surface area (Å²) in [5.41, 5.74) is 1.67. The number of methoxy groups -OCH3 is 1. The summed E-state index contributed by atoms with van der Waals surface area (Å²) in [6.45, 7) is 1.75. The van der Waals surface area contributed by atoms with Crippen molar-refractivity contribution in [2.24, 2.45) is 0 Å². The molecule has 1 aliphatic carbocycles. The molecule has 0 radical (unpaired) electrons. The molecular weight excluding hydrogens is 510 g/mol. The van der Waals surface area contributed by atoms with Crippen LogP contribution in [-0.2, 0) is 4.74 Å². The number of halogens is 2. The lowest BCUT2D eigenvalue weighted by Gasteiger charge is -2.26. The Bertz CT molecular complexity index is 1270. The molecule has 0 bridgehead atoms. The monoisotopic (exact) mass is 544 g/mol. The van der Waals surface area contributed by atoms with Crippen molar-refractivity contribution in [3.05, 3.63) is 42.2 Å². The molecular formula is C28H34F2N4O5. The predicted molar refractivity (Wildman–Crippen MR) is 141 cm³/mol. The van der Waals surface area contributed by atoms with Crippen molar-refractivity contribution in [2.45, 2.75) is 44.8 Å². The van der Waals surface area contributed by atoms with Crippen LogP contribution in [0.5, 0.6) is 17.2 Å². The third kappa shape index (κ3) is 6.96. The summed E-state index contributed by atoms with van der Waals surface area (Å²) in [6, 6.07) is 6.67. The highest BCUT2D eigenvalue weighted by Gasteiger charge is 2.29. The van der Waals surface area contributed by atoms with Crippen LogP contribution in [0.2, 0.25) is 0 Å². The van der Waals surface area contributed by atoms with Crippen molar-refractivity contribution in [1.29, 1.82) is 0 Å². The molecule has 9 nitrogen and oxygen atoms in total. The van der Waals surface area contributed by atoms with E-state index in [1.165, 1.54) is 32.4 Å². The maximum atomic E-state index is 13.3. The highest BCUT2D eigenvalue weighted by Crippen LogP contribution is 2.37. The first kappa shape index (κ1) is 27.1. The number of carbonyl (C=O) groups is 1. The van der Waals surface area contributed by atoms with Gasteiger partial charge in [0.1, 0.15) is 35.1 Å². The van der Waals surface area contributed by atoms with E-state index in [0.29, 0.717) is 42.5 Å². The van der Waals surface area contributed by atoms with E-state index in [1.807, 2.05) is 0 Å². The smallest absolute Gasteiger partial charge is 0.387 e. The first-order valence-corrected chi connectivity index (χ1v) is 13.4. The van der Waals surface area contributed by atoms with Crippen molar-refractivity contribution in [2.75, 3.05) is 46.6 Å². The molecule has 2 fully saturated rings. The minimum Gasteiger partial charge on any atom is -0.496 e. The van der Waals surface area contributed by atoms with Gasteiger partial charge in [-0.3, -0.25) is 9.20 Å². The Morgan fingerprint density at radius 3 is 2.64 bits per heavy atom. The first-order valence-electron chi connectivity index (χ1n) is 13.4.